The molecule has 12 heteroatoms. The molecule has 12 nitrogen and oxygen atoms in total. The van der Waals surface area contributed by atoms with Gasteiger partial charge in [-0.1, -0.05) is 55.4 Å². The summed E-state index contributed by atoms with van der Waals surface area (Å²) in [5.41, 5.74) is -6.89. The van der Waals surface area contributed by atoms with E-state index in [0.717, 1.165) is 0 Å². The maximum absolute atomic E-state index is 13.6. The van der Waals surface area contributed by atoms with E-state index >= 15 is 0 Å². The second-order valence-corrected chi connectivity index (χ2v) is 16.2. The fourth-order valence-corrected chi connectivity index (χ4v) is 10.8. The predicted molar refractivity (Wildman–Crippen MR) is 166 cm³/mol. The third-order valence-corrected chi connectivity index (χ3v) is 13.3. The molecule has 1 aromatic heterocycles. The summed E-state index contributed by atoms with van der Waals surface area (Å²) in [6.07, 6.45) is 0.246. The number of hydrogen-bond acceptors (Lipinski definition) is 12. The quantitative estimate of drug-likeness (QED) is 0.298. The second-order valence-electron chi connectivity index (χ2n) is 16.2. The zero-order valence-electron chi connectivity index (χ0n) is 29.4. The molecule has 0 radical (unpaired) electrons. The van der Waals surface area contributed by atoms with E-state index in [4.69, 9.17) is 28.1 Å². The summed E-state index contributed by atoms with van der Waals surface area (Å²) < 4.78 is 36.0. The number of esters is 4. The van der Waals surface area contributed by atoms with Crippen molar-refractivity contribution in [2.45, 2.75) is 123 Å². The van der Waals surface area contributed by atoms with Crippen molar-refractivity contribution in [3.63, 3.8) is 0 Å². The van der Waals surface area contributed by atoms with Gasteiger partial charge in [0.05, 0.1) is 37.9 Å². The smallest absolute Gasteiger partial charge is 0.309 e. The Morgan fingerprint density at radius 1 is 1.02 bits per heavy atom. The molecule has 48 heavy (non-hydrogen) atoms. The summed E-state index contributed by atoms with van der Waals surface area (Å²) >= 11 is 0. The van der Waals surface area contributed by atoms with Gasteiger partial charge in [0.15, 0.2) is 11.7 Å². The van der Waals surface area contributed by atoms with Crippen molar-refractivity contribution in [3.8, 4) is 0 Å². The second kappa shape index (κ2) is 11.0. The zero-order valence-corrected chi connectivity index (χ0v) is 29.4. The maximum atomic E-state index is 13.6. The molecule has 2 saturated carbocycles. The number of aliphatic hydroxyl groups is 2. The molecule has 1 aromatic rings. The lowest BCUT2D eigenvalue weighted by Crippen LogP contribution is -2.85. The van der Waals surface area contributed by atoms with Crippen LogP contribution in [0, 0.1) is 45.8 Å². The molecular formula is C36H50O12. The van der Waals surface area contributed by atoms with Crippen LogP contribution in [-0.2, 0) is 42.9 Å². The van der Waals surface area contributed by atoms with Gasteiger partial charge in [-0.2, -0.15) is 0 Å². The van der Waals surface area contributed by atoms with E-state index in [1.807, 2.05) is 13.8 Å². The summed E-state index contributed by atoms with van der Waals surface area (Å²) in [6, 6.07) is 1.73. The number of methoxy groups -OCH3 is 1. The Bertz CT molecular complexity index is 1490. The van der Waals surface area contributed by atoms with Crippen LogP contribution in [-0.4, -0.2) is 70.4 Å². The molecule has 5 fully saturated rings. The average Bonchev–Trinajstić information content (AvgIpc) is 3.68. The highest BCUT2D eigenvalue weighted by molar-refractivity contribution is 5.75. The largest absolute Gasteiger partial charge is 0.472 e. The molecule has 12 atom stereocenters. The van der Waals surface area contributed by atoms with Crippen LogP contribution in [0.4, 0.5) is 0 Å². The fraction of sp³-hybridized carbons (Fsp3) is 0.778. The van der Waals surface area contributed by atoms with Gasteiger partial charge < -0.3 is 38.3 Å². The van der Waals surface area contributed by atoms with E-state index in [0.29, 0.717) is 24.8 Å². The standard InChI is InChI=1S/C36H50O12/c1-10-19(4)28(40)47-29-31(5,6)22(15-24(37)43-9)33(8)21-11-13-32(7)23(16-25(38)45-26(32)20-12-14-44-17-20)34(21)30(46-27(39)18(2)3)35(29,41)36(33,42)48-34/h12,14,17-19,21-23,26,29-30,41-42H,10-11,13,15-16H2,1-9H3/t19-,21+,22-,23+,26-,29-,30-,32+,33+,34+,35-,36+/m0/s1. The molecule has 5 aliphatic rings. The van der Waals surface area contributed by atoms with Crippen LogP contribution in [0.1, 0.15) is 99.2 Å². The number of cyclic esters (lactones) is 1. The average molecular weight is 675 g/mol. The summed E-state index contributed by atoms with van der Waals surface area (Å²) in [5, 5.41) is 26.6. The van der Waals surface area contributed by atoms with Crippen LogP contribution in [0.5, 0.6) is 0 Å². The van der Waals surface area contributed by atoms with Gasteiger partial charge in [-0.3, -0.25) is 19.2 Å². The first-order valence-electron chi connectivity index (χ1n) is 17.2. The molecule has 3 aliphatic heterocycles. The number of hydrogen-bond donors (Lipinski definition) is 2. The SMILES string of the molecule is CC[C@H](C)C(=O)O[C@H]1C(C)(C)[C@H](CC(=O)OC)[C@@]2(C)[C@H]3CC[C@]4(C)[C@@H](CC(=O)O[C@H]4c4ccoc4)[C@]34O[C@@]2(O)[C@@]1(O)[C@H]4OC(=O)C(C)C. The van der Waals surface area contributed by atoms with Crippen LogP contribution in [0.3, 0.4) is 0 Å². The number of carbonyl (C=O) groups excluding carboxylic acids is 4. The summed E-state index contributed by atoms with van der Waals surface area (Å²) in [6.45, 7) is 14.2. The summed E-state index contributed by atoms with van der Waals surface area (Å²) in [5.74, 6) is -8.13. The highest BCUT2D eigenvalue weighted by atomic mass is 16.7. The first-order valence-corrected chi connectivity index (χ1v) is 17.2. The molecule has 266 valence electrons. The molecule has 1 spiro atoms. The Morgan fingerprint density at radius 3 is 2.27 bits per heavy atom. The number of furan rings is 1. The monoisotopic (exact) mass is 674 g/mol. The van der Waals surface area contributed by atoms with Gasteiger partial charge in [0.2, 0.25) is 5.79 Å². The topological polar surface area (TPSA) is 168 Å². The third-order valence-electron chi connectivity index (χ3n) is 13.3. The Hall–Kier alpha value is -2.96. The van der Waals surface area contributed by atoms with Gasteiger partial charge in [-0.25, -0.2) is 0 Å². The van der Waals surface area contributed by atoms with Crippen molar-refractivity contribution in [1.29, 1.82) is 0 Å². The molecule has 2 N–H and O–H groups in total. The first kappa shape index (κ1) is 34.9. The molecule has 0 aromatic carbocycles. The van der Waals surface area contributed by atoms with Gasteiger partial charge in [0.25, 0.3) is 0 Å². The first-order chi connectivity index (χ1) is 22.3. The highest BCUT2D eigenvalue weighted by Crippen LogP contribution is 2.82. The van der Waals surface area contributed by atoms with Gasteiger partial charge in [-0.05, 0) is 31.2 Å². The van der Waals surface area contributed by atoms with E-state index < -0.39 is 105 Å². The summed E-state index contributed by atoms with van der Waals surface area (Å²) in [4.78, 5) is 53.9. The third kappa shape index (κ3) is 4.11. The molecule has 2 bridgehead atoms. The molecule has 2 aliphatic carbocycles. The molecule has 3 saturated heterocycles. The number of rotatable bonds is 8. The van der Waals surface area contributed by atoms with Crippen molar-refractivity contribution in [2.24, 2.45) is 45.8 Å². The van der Waals surface area contributed by atoms with E-state index in [9.17, 15) is 29.4 Å². The lowest BCUT2D eigenvalue weighted by molar-refractivity contribution is -0.386. The summed E-state index contributed by atoms with van der Waals surface area (Å²) in [7, 11) is 1.28. The van der Waals surface area contributed by atoms with E-state index in [-0.39, 0.29) is 12.8 Å². The number of fused-ring (bicyclic) bond motifs is 2. The van der Waals surface area contributed by atoms with Gasteiger partial charge in [-0.15, -0.1) is 0 Å². The molecular weight excluding hydrogens is 624 g/mol. The number of ether oxygens (including phenoxy) is 5. The van der Waals surface area contributed by atoms with Crippen LogP contribution in [0.25, 0.3) is 0 Å². The van der Waals surface area contributed by atoms with Crippen LogP contribution >= 0.6 is 0 Å². The Balaban J connectivity index is 1.64. The van der Waals surface area contributed by atoms with Crippen LogP contribution in [0.2, 0.25) is 0 Å². The lowest BCUT2D eigenvalue weighted by atomic mass is 9.35. The van der Waals surface area contributed by atoms with E-state index in [1.165, 1.54) is 19.6 Å². The van der Waals surface area contributed by atoms with Gasteiger partial charge >= 0.3 is 23.9 Å². The van der Waals surface area contributed by atoms with Crippen LogP contribution < -0.4 is 0 Å². The van der Waals surface area contributed by atoms with Crippen LogP contribution in [0.15, 0.2) is 23.0 Å². The van der Waals surface area contributed by atoms with Gasteiger partial charge in [0.1, 0.15) is 17.8 Å². The molecule has 6 rings (SSSR count). The molecule has 0 amide bonds. The van der Waals surface area contributed by atoms with Crippen molar-refractivity contribution in [1.82, 2.24) is 0 Å². The van der Waals surface area contributed by atoms with E-state index in [2.05, 4.69) is 0 Å². The minimum absolute atomic E-state index is 0.151. The van der Waals surface area contributed by atoms with Gasteiger partial charge in [0, 0.05) is 40.1 Å². The number of carbonyl (C=O) groups is 4. The van der Waals surface area contributed by atoms with Crippen molar-refractivity contribution >= 4 is 23.9 Å². The minimum atomic E-state index is -2.51. The van der Waals surface area contributed by atoms with Crippen molar-refractivity contribution < 1.29 is 57.5 Å². The Labute approximate surface area is 281 Å². The Kier molecular flexibility index (Phi) is 8.01. The molecule has 4 heterocycles. The molecule has 0 unspecified atom stereocenters. The lowest BCUT2D eigenvalue weighted by Gasteiger charge is -2.70. The highest BCUT2D eigenvalue weighted by Gasteiger charge is 2.96. The normalized spacial score (nSPS) is 44.3. The maximum Gasteiger partial charge on any atom is 0.309 e. The zero-order chi connectivity index (χ0) is 35.4. The van der Waals surface area contributed by atoms with Crippen molar-refractivity contribution in [2.75, 3.05) is 7.11 Å². The van der Waals surface area contributed by atoms with Crippen molar-refractivity contribution in [3.05, 3.63) is 24.2 Å². The Morgan fingerprint density at radius 2 is 1.69 bits per heavy atom. The minimum Gasteiger partial charge on any atom is -0.472 e. The predicted octanol–water partition coefficient (Wildman–Crippen LogP) is 4.25. The fourth-order valence-electron chi connectivity index (χ4n) is 10.8. The van der Waals surface area contributed by atoms with E-state index in [1.54, 1.807) is 47.6 Å².